The zero-order valence-electron chi connectivity index (χ0n) is 12.0. The molecule has 0 amide bonds. The molecule has 2 nitrogen and oxygen atoms in total. The summed E-state index contributed by atoms with van der Waals surface area (Å²) >= 11 is 0. The summed E-state index contributed by atoms with van der Waals surface area (Å²) in [7, 11) is 0. The molecule has 2 atom stereocenters. The van der Waals surface area contributed by atoms with E-state index < -0.39 is 0 Å². The highest BCUT2D eigenvalue weighted by Crippen LogP contribution is 2.26. The summed E-state index contributed by atoms with van der Waals surface area (Å²) in [6.45, 7) is 12.8. The summed E-state index contributed by atoms with van der Waals surface area (Å²) < 4.78 is 5.55. The number of nitrogens with one attached hydrogen (secondary N) is 1. The van der Waals surface area contributed by atoms with E-state index in [4.69, 9.17) is 4.74 Å². The molecule has 0 fully saturated rings. The topological polar surface area (TPSA) is 21.3 Å². The van der Waals surface area contributed by atoms with Gasteiger partial charge in [0.25, 0.3) is 0 Å². The molecule has 100 valence electrons. The van der Waals surface area contributed by atoms with Crippen LogP contribution in [0.2, 0.25) is 0 Å². The molecular weight excluding hydrogens is 210 g/mol. The van der Waals surface area contributed by atoms with Crippen LogP contribution in [0.15, 0.2) is 11.6 Å². The van der Waals surface area contributed by atoms with Crippen molar-refractivity contribution < 1.29 is 4.74 Å². The molecule has 0 saturated heterocycles. The number of rotatable bonds is 7. The van der Waals surface area contributed by atoms with Gasteiger partial charge in [-0.1, -0.05) is 32.4 Å². The SMILES string of the molecule is CC1=CC(C)CC(CNCCOCC(C)C)C1. The van der Waals surface area contributed by atoms with Gasteiger partial charge in [-0.3, -0.25) is 0 Å². The average molecular weight is 239 g/mol. The maximum atomic E-state index is 5.55. The Morgan fingerprint density at radius 2 is 2.24 bits per heavy atom. The molecule has 1 rings (SSSR count). The predicted molar refractivity (Wildman–Crippen MR) is 74.2 cm³/mol. The number of ether oxygens (including phenoxy) is 1. The highest BCUT2D eigenvalue weighted by molar-refractivity contribution is 5.06. The molecule has 0 saturated carbocycles. The Kier molecular flexibility index (Phi) is 6.83. The largest absolute Gasteiger partial charge is 0.380 e. The molecule has 0 spiro atoms. The van der Waals surface area contributed by atoms with Gasteiger partial charge in [0.15, 0.2) is 0 Å². The van der Waals surface area contributed by atoms with Crippen molar-refractivity contribution in [3.63, 3.8) is 0 Å². The van der Waals surface area contributed by atoms with E-state index in [2.05, 4.69) is 39.1 Å². The van der Waals surface area contributed by atoms with Gasteiger partial charge in [0.1, 0.15) is 0 Å². The molecule has 0 aliphatic heterocycles. The molecule has 0 aromatic heterocycles. The Labute approximate surface area is 107 Å². The molecule has 0 bridgehead atoms. The van der Waals surface area contributed by atoms with Gasteiger partial charge in [0, 0.05) is 13.2 Å². The zero-order valence-corrected chi connectivity index (χ0v) is 12.0. The first-order valence-corrected chi connectivity index (χ1v) is 7.03. The fourth-order valence-corrected chi connectivity index (χ4v) is 2.61. The second-order valence-corrected chi connectivity index (χ2v) is 5.97. The average Bonchev–Trinajstić information content (AvgIpc) is 2.21. The van der Waals surface area contributed by atoms with Crippen LogP contribution < -0.4 is 5.32 Å². The van der Waals surface area contributed by atoms with E-state index >= 15 is 0 Å². The van der Waals surface area contributed by atoms with Crippen molar-refractivity contribution in [3.05, 3.63) is 11.6 Å². The Morgan fingerprint density at radius 3 is 2.88 bits per heavy atom. The van der Waals surface area contributed by atoms with Crippen LogP contribution in [0.3, 0.4) is 0 Å². The molecule has 17 heavy (non-hydrogen) atoms. The molecule has 1 N–H and O–H groups in total. The lowest BCUT2D eigenvalue weighted by Crippen LogP contribution is -2.29. The lowest BCUT2D eigenvalue weighted by atomic mass is 9.84. The fraction of sp³-hybridized carbons (Fsp3) is 0.867. The van der Waals surface area contributed by atoms with Crippen molar-refractivity contribution >= 4 is 0 Å². The third-order valence-electron chi connectivity index (χ3n) is 3.19. The van der Waals surface area contributed by atoms with Crippen molar-refractivity contribution in [3.8, 4) is 0 Å². The van der Waals surface area contributed by atoms with Crippen LogP contribution in [0.5, 0.6) is 0 Å². The van der Waals surface area contributed by atoms with Gasteiger partial charge in [-0.05, 0) is 44.1 Å². The minimum atomic E-state index is 0.641. The number of allylic oxidation sites excluding steroid dienone is 2. The van der Waals surface area contributed by atoms with Crippen LogP contribution in [-0.2, 0) is 4.74 Å². The van der Waals surface area contributed by atoms with Crippen molar-refractivity contribution in [1.29, 1.82) is 0 Å². The van der Waals surface area contributed by atoms with Gasteiger partial charge in [-0.15, -0.1) is 0 Å². The lowest BCUT2D eigenvalue weighted by Gasteiger charge is -2.25. The van der Waals surface area contributed by atoms with E-state index in [0.29, 0.717) is 5.92 Å². The van der Waals surface area contributed by atoms with Crippen LogP contribution in [0.4, 0.5) is 0 Å². The summed E-state index contributed by atoms with van der Waals surface area (Å²) in [5.41, 5.74) is 1.56. The van der Waals surface area contributed by atoms with E-state index in [-0.39, 0.29) is 0 Å². The fourth-order valence-electron chi connectivity index (χ4n) is 2.61. The molecule has 0 aromatic rings. The third kappa shape index (κ3) is 6.85. The second kappa shape index (κ2) is 7.88. The summed E-state index contributed by atoms with van der Waals surface area (Å²) in [5.74, 6) is 2.22. The van der Waals surface area contributed by atoms with Crippen LogP contribution in [0.25, 0.3) is 0 Å². The molecule has 1 aliphatic carbocycles. The Balaban J connectivity index is 2.02. The molecular formula is C15H29NO. The monoisotopic (exact) mass is 239 g/mol. The third-order valence-corrected chi connectivity index (χ3v) is 3.19. The molecule has 2 unspecified atom stereocenters. The Hall–Kier alpha value is -0.340. The van der Waals surface area contributed by atoms with Crippen LogP contribution in [0, 0.1) is 17.8 Å². The van der Waals surface area contributed by atoms with Crippen LogP contribution >= 0.6 is 0 Å². The molecule has 1 aliphatic rings. The summed E-state index contributed by atoms with van der Waals surface area (Å²) in [6, 6.07) is 0. The first-order chi connectivity index (χ1) is 8.08. The van der Waals surface area contributed by atoms with Crippen LogP contribution in [0.1, 0.15) is 40.5 Å². The highest BCUT2D eigenvalue weighted by Gasteiger charge is 2.17. The van der Waals surface area contributed by atoms with Gasteiger partial charge < -0.3 is 10.1 Å². The molecule has 0 aromatic carbocycles. The van der Waals surface area contributed by atoms with Gasteiger partial charge in [-0.25, -0.2) is 0 Å². The van der Waals surface area contributed by atoms with Crippen LogP contribution in [-0.4, -0.2) is 26.3 Å². The molecule has 2 heteroatoms. The van der Waals surface area contributed by atoms with Gasteiger partial charge in [0.2, 0.25) is 0 Å². The van der Waals surface area contributed by atoms with E-state index in [1.165, 1.54) is 12.8 Å². The van der Waals surface area contributed by atoms with Crippen molar-refractivity contribution in [2.75, 3.05) is 26.3 Å². The highest BCUT2D eigenvalue weighted by atomic mass is 16.5. The van der Waals surface area contributed by atoms with E-state index in [9.17, 15) is 0 Å². The quantitative estimate of drug-likeness (QED) is 0.544. The maximum absolute atomic E-state index is 5.55. The van der Waals surface area contributed by atoms with Crippen molar-refractivity contribution in [2.45, 2.75) is 40.5 Å². The Bertz CT molecular complexity index is 235. The lowest BCUT2D eigenvalue weighted by molar-refractivity contribution is 0.111. The molecule has 0 heterocycles. The smallest absolute Gasteiger partial charge is 0.0591 e. The normalized spacial score (nSPS) is 25.1. The standard InChI is InChI=1S/C15H29NO/c1-12(2)11-17-6-5-16-10-15-8-13(3)7-14(4)9-15/h7,12-13,15-16H,5-6,8-11H2,1-4H3. The van der Waals surface area contributed by atoms with Gasteiger partial charge >= 0.3 is 0 Å². The van der Waals surface area contributed by atoms with E-state index in [0.717, 1.165) is 38.1 Å². The first-order valence-electron chi connectivity index (χ1n) is 7.03. The summed E-state index contributed by atoms with van der Waals surface area (Å²) in [5, 5.41) is 3.52. The van der Waals surface area contributed by atoms with Crippen molar-refractivity contribution in [1.82, 2.24) is 5.32 Å². The zero-order chi connectivity index (χ0) is 12.7. The van der Waals surface area contributed by atoms with E-state index in [1.807, 2.05) is 0 Å². The van der Waals surface area contributed by atoms with Gasteiger partial charge in [-0.2, -0.15) is 0 Å². The summed E-state index contributed by atoms with van der Waals surface area (Å²) in [4.78, 5) is 0. The Morgan fingerprint density at radius 1 is 1.47 bits per heavy atom. The second-order valence-electron chi connectivity index (χ2n) is 5.97. The number of hydrogen-bond acceptors (Lipinski definition) is 2. The minimum Gasteiger partial charge on any atom is -0.380 e. The summed E-state index contributed by atoms with van der Waals surface area (Å²) in [6.07, 6.45) is 5.02. The molecule has 0 radical (unpaired) electrons. The minimum absolute atomic E-state index is 0.641. The number of hydrogen-bond donors (Lipinski definition) is 1. The van der Waals surface area contributed by atoms with Gasteiger partial charge in [0.05, 0.1) is 6.61 Å². The van der Waals surface area contributed by atoms with Crippen molar-refractivity contribution in [2.24, 2.45) is 17.8 Å². The first kappa shape index (κ1) is 14.7. The predicted octanol–water partition coefficient (Wildman–Crippen LogP) is 3.24. The van der Waals surface area contributed by atoms with E-state index in [1.54, 1.807) is 5.57 Å². The maximum Gasteiger partial charge on any atom is 0.0591 e.